The second-order valence-electron chi connectivity index (χ2n) is 1.96. The minimum atomic E-state index is -3.64. The molecular weight excluding hydrogens is 184 g/mol. The number of nitrogens with zero attached hydrogens (tertiary/aromatic N) is 1. The minimum Gasteiger partial charge on any atom is -0.338 e. The molecule has 0 atom stereocenters. The third kappa shape index (κ3) is 3.05. The molecule has 0 spiro atoms. The molecule has 7 heteroatoms. The van der Waals surface area contributed by atoms with Crippen LogP contribution in [0.3, 0.4) is 0 Å². The highest BCUT2D eigenvalue weighted by Gasteiger charge is 2.22. The van der Waals surface area contributed by atoms with Gasteiger partial charge >= 0.3 is 6.03 Å². The van der Waals surface area contributed by atoms with Crippen LogP contribution in [0.2, 0.25) is 0 Å². The van der Waals surface area contributed by atoms with Crippen LogP contribution in [-0.4, -0.2) is 38.8 Å². The number of carbonyl (C=O) groups excluding carboxylic acids is 1. The fourth-order valence-electron chi connectivity index (χ4n) is 0.514. The maximum Gasteiger partial charge on any atom is 0.355 e. The monoisotopic (exact) mass is 196 g/mol. The third-order valence-corrected chi connectivity index (χ3v) is 1.80. The first-order chi connectivity index (χ1) is 5.43. The smallest absolute Gasteiger partial charge is 0.338 e. The molecule has 0 unspecified atom stereocenters. The van der Waals surface area contributed by atoms with Gasteiger partial charge in [0.25, 0.3) is 10.0 Å². The van der Waals surface area contributed by atoms with Crippen LogP contribution in [0.5, 0.6) is 0 Å². The molecule has 6 nitrogen and oxygen atoms in total. The molecule has 0 aromatic heterocycles. The van der Waals surface area contributed by atoms with Gasteiger partial charge in [-0.3, -0.25) is 4.84 Å². The van der Waals surface area contributed by atoms with E-state index in [1.54, 1.807) is 6.92 Å². The lowest BCUT2D eigenvalue weighted by Crippen LogP contribution is -2.41. The number of amides is 2. The lowest BCUT2D eigenvalue weighted by Gasteiger charge is -2.17. The third-order valence-electron chi connectivity index (χ3n) is 0.927. The van der Waals surface area contributed by atoms with Crippen molar-refractivity contribution in [1.29, 1.82) is 0 Å². The first kappa shape index (κ1) is 11.2. The van der Waals surface area contributed by atoms with E-state index in [1.807, 2.05) is 0 Å². The number of nitrogens with one attached hydrogen (secondary N) is 1. The molecule has 0 aliphatic rings. The van der Waals surface area contributed by atoms with Crippen LogP contribution in [0, 0.1) is 0 Å². The van der Waals surface area contributed by atoms with Crippen molar-refractivity contribution in [2.75, 3.05) is 19.9 Å². The summed E-state index contributed by atoms with van der Waals surface area (Å²) in [7, 11) is -2.32. The fourth-order valence-corrected chi connectivity index (χ4v) is 1.20. The maximum absolute atomic E-state index is 10.9. The molecule has 0 bridgehead atoms. The molecule has 0 aromatic rings. The van der Waals surface area contributed by atoms with Crippen LogP contribution in [-0.2, 0) is 14.9 Å². The first-order valence-corrected chi connectivity index (χ1v) is 5.13. The Morgan fingerprint density at radius 3 is 2.33 bits per heavy atom. The van der Waals surface area contributed by atoms with E-state index in [0.29, 0.717) is 4.47 Å². The molecule has 0 saturated carbocycles. The van der Waals surface area contributed by atoms with Crippen LogP contribution in [0.4, 0.5) is 4.79 Å². The van der Waals surface area contributed by atoms with Gasteiger partial charge in [0.1, 0.15) is 0 Å². The van der Waals surface area contributed by atoms with E-state index in [4.69, 9.17) is 0 Å². The van der Waals surface area contributed by atoms with Crippen LogP contribution >= 0.6 is 0 Å². The number of hydroxylamine groups is 1. The summed E-state index contributed by atoms with van der Waals surface area (Å²) in [6.45, 7) is 1.70. The van der Waals surface area contributed by atoms with Gasteiger partial charge in [-0.05, 0) is 6.92 Å². The zero-order valence-electron chi connectivity index (χ0n) is 7.20. The number of carbonyl (C=O) groups is 1. The van der Waals surface area contributed by atoms with Crippen LogP contribution in [0.1, 0.15) is 6.92 Å². The van der Waals surface area contributed by atoms with Crippen molar-refractivity contribution in [2.24, 2.45) is 0 Å². The maximum atomic E-state index is 10.9. The second-order valence-corrected chi connectivity index (χ2v) is 3.76. The Balaban J connectivity index is 4.56. The average Bonchev–Trinajstić information content (AvgIpc) is 1.96. The molecule has 0 fully saturated rings. The van der Waals surface area contributed by atoms with Crippen molar-refractivity contribution < 1.29 is 18.0 Å². The topological polar surface area (TPSA) is 75.7 Å². The number of sulfonamides is 1. The normalized spacial score (nSPS) is 10.9. The van der Waals surface area contributed by atoms with Crippen molar-refractivity contribution in [3.63, 3.8) is 0 Å². The molecular formula is C5H12N2O4S. The Morgan fingerprint density at radius 1 is 1.58 bits per heavy atom. The van der Waals surface area contributed by atoms with Crippen molar-refractivity contribution >= 4 is 16.1 Å². The van der Waals surface area contributed by atoms with Gasteiger partial charge in [0, 0.05) is 7.05 Å². The summed E-state index contributed by atoms with van der Waals surface area (Å²) in [6, 6.07) is -0.806. The van der Waals surface area contributed by atoms with Crippen molar-refractivity contribution in [2.45, 2.75) is 6.92 Å². The van der Waals surface area contributed by atoms with Gasteiger partial charge in [0.15, 0.2) is 0 Å². The Bertz CT molecular complexity index is 248. The first-order valence-electron chi connectivity index (χ1n) is 3.28. The molecule has 0 heterocycles. The summed E-state index contributed by atoms with van der Waals surface area (Å²) in [5.41, 5.74) is 0. The Labute approximate surface area is 71.5 Å². The van der Waals surface area contributed by atoms with E-state index >= 15 is 0 Å². The van der Waals surface area contributed by atoms with Crippen molar-refractivity contribution in [1.82, 2.24) is 9.79 Å². The zero-order chi connectivity index (χ0) is 9.78. The Morgan fingerprint density at radius 2 is 2.08 bits per heavy atom. The fraction of sp³-hybridized carbons (Fsp3) is 0.800. The number of urea groups is 1. The van der Waals surface area contributed by atoms with Gasteiger partial charge in [-0.1, -0.05) is 4.47 Å². The van der Waals surface area contributed by atoms with Gasteiger partial charge in [-0.2, -0.15) is 0 Å². The standard InChI is InChI=1S/C5H12N2O4S/c1-4-11-7(5(8)6-2)12(3,9)10/h4H2,1-3H3,(H,6,8). The second kappa shape index (κ2) is 4.27. The number of hydrogen-bond donors (Lipinski definition) is 1. The lowest BCUT2D eigenvalue weighted by molar-refractivity contribution is -0.0403. The molecule has 0 aliphatic heterocycles. The van der Waals surface area contributed by atoms with E-state index in [1.165, 1.54) is 7.05 Å². The molecule has 0 saturated heterocycles. The number of hydrogen-bond acceptors (Lipinski definition) is 4. The van der Waals surface area contributed by atoms with Gasteiger partial charge in [0.05, 0.1) is 12.9 Å². The molecule has 1 N–H and O–H groups in total. The molecule has 0 aliphatic carbocycles. The van der Waals surface area contributed by atoms with Crippen molar-refractivity contribution in [3.05, 3.63) is 0 Å². The Kier molecular flexibility index (Phi) is 3.98. The molecule has 72 valence electrons. The highest BCUT2D eigenvalue weighted by molar-refractivity contribution is 7.88. The van der Waals surface area contributed by atoms with Crippen LogP contribution in [0.15, 0.2) is 0 Å². The summed E-state index contributed by atoms with van der Waals surface area (Å²) in [6.07, 6.45) is 0.887. The van der Waals surface area contributed by atoms with Gasteiger partial charge in [-0.15, -0.1) is 0 Å². The van der Waals surface area contributed by atoms with E-state index in [-0.39, 0.29) is 6.61 Å². The summed E-state index contributed by atoms with van der Waals surface area (Å²) in [5, 5.41) is 2.14. The van der Waals surface area contributed by atoms with Gasteiger partial charge < -0.3 is 5.32 Å². The SMILES string of the molecule is CCON(C(=O)NC)S(C)(=O)=O. The van der Waals surface area contributed by atoms with Crippen LogP contribution in [0.25, 0.3) is 0 Å². The quantitative estimate of drug-likeness (QED) is 0.620. The van der Waals surface area contributed by atoms with Gasteiger partial charge in [-0.25, -0.2) is 13.2 Å². The summed E-state index contributed by atoms with van der Waals surface area (Å²) in [5.74, 6) is 0. The Hall–Kier alpha value is -0.820. The van der Waals surface area contributed by atoms with Crippen molar-refractivity contribution in [3.8, 4) is 0 Å². The lowest BCUT2D eigenvalue weighted by atomic mass is 10.9. The molecule has 0 radical (unpaired) electrons. The van der Waals surface area contributed by atoms with E-state index in [0.717, 1.165) is 6.26 Å². The number of rotatable bonds is 3. The largest absolute Gasteiger partial charge is 0.355 e. The van der Waals surface area contributed by atoms with E-state index in [9.17, 15) is 13.2 Å². The van der Waals surface area contributed by atoms with Gasteiger partial charge in [0.2, 0.25) is 0 Å². The van der Waals surface area contributed by atoms with E-state index in [2.05, 4.69) is 10.2 Å². The molecule has 0 rings (SSSR count). The predicted octanol–water partition coefficient (Wildman–Crippen LogP) is -0.461. The summed E-state index contributed by atoms with van der Waals surface area (Å²) < 4.78 is 22.0. The molecule has 0 aromatic carbocycles. The highest BCUT2D eigenvalue weighted by atomic mass is 32.2. The molecule has 2 amide bonds. The summed E-state index contributed by atoms with van der Waals surface area (Å²) >= 11 is 0. The molecule has 12 heavy (non-hydrogen) atoms. The average molecular weight is 196 g/mol. The predicted molar refractivity (Wildman–Crippen MR) is 42.8 cm³/mol. The zero-order valence-corrected chi connectivity index (χ0v) is 8.01. The van der Waals surface area contributed by atoms with Crippen LogP contribution < -0.4 is 5.32 Å². The van der Waals surface area contributed by atoms with E-state index < -0.39 is 16.1 Å². The summed E-state index contributed by atoms with van der Waals surface area (Å²) in [4.78, 5) is 15.5. The minimum absolute atomic E-state index is 0.112. The highest BCUT2D eigenvalue weighted by Crippen LogP contribution is 1.98.